The van der Waals surface area contributed by atoms with E-state index in [9.17, 15) is 0 Å². The summed E-state index contributed by atoms with van der Waals surface area (Å²) in [5.74, 6) is 1.72. The van der Waals surface area contributed by atoms with Crippen LogP contribution in [0.1, 0.15) is 0 Å². The molecule has 0 aromatic rings. The lowest BCUT2D eigenvalue weighted by Gasteiger charge is -1.99. The quantitative estimate of drug-likeness (QED) is 0.450. The van der Waals surface area contributed by atoms with Crippen LogP contribution in [0.3, 0.4) is 0 Å². The van der Waals surface area contributed by atoms with Gasteiger partial charge in [-0.3, -0.25) is 0 Å². The number of oxime groups is 1. The highest BCUT2D eigenvalue weighted by molar-refractivity contribution is 7.99. The minimum absolute atomic E-state index is 0.719. The van der Waals surface area contributed by atoms with Gasteiger partial charge in [0.05, 0.1) is 6.21 Å². The van der Waals surface area contributed by atoms with Crippen molar-refractivity contribution in [2.24, 2.45) is 5.16 Å². The second-order valence-corrected chi connectivity index (χ2v) is 1.88. The van der Waals surface area contributed by atoms with Crippen LogP contribution in [0.15, 0.2) is 5.16 Å². The Balaban J connectivity index is 2.26. The Labute approximate surface area is 40.5 Å². The van der Waals surface area contributed by atoms with E-state index in [1.54, 1.807) is 18.0 Å². The van der Waals surface area contributed by atoms with Crippen molar-refractivity contribution in [1.82, 2.24) is 0 Å². The van der Waals surface area contributed by atoms with E-state index in [0.717, 1.165) is 11.7 Å². The van der Waals surface area contributed by atoms with Gasteiger partial charge in [-0.05, 0) is 0 Å². The maximum Gasteiger partial charge on any atom is 0.163 e. The molecule has 0 fully saturated rings. The first-order valence-electron chi connectivity index (χ1n) is 1.72. The molecule has 0 saturated heterocycles. The van der Waals surface area contributed by atoms with E-state index in [0.29, 0.717) is 0 Å². The minimum Gasteiger partial charge on any atom is -0.385 e. The number of hydrogen-bond donors (Lipinski definition) is 0. The summed E-state index contributed by atoms with van der Waals surface area (Å²) in [5.41, 5.74) is 0. The average Bonchev–Trinajstić information content (AvgIpc) is 1.72. The van der Waals surface area contributed by atoms with Gasteiger partial charge in [0.15, 0.2) is 5.94 Å². The van der Waals surface area contributed by atoms with Gasteiger partial charge in [0.1, 0.15) is 0 Å². The molecule has 0 unspecified atom stereocenters. The zero-order valence-corrected chi connectivity index (χ0v) is 4.07. The highest BCUT2D eigenvalue weighted by atomic mass is 32.2. The van der Waals surface area contributed by atoms with Crippen LogP contribution in [0.25, 0.3) is 0 Å². The van der Waals surface area contributed by atoms with E-state index in [4.69, 9.17) is 0 Å². The molecule has 0 spiro atoms. The fourth-order valence-electron chi connectivity index (χ4n) is 0.252. The first-order chi connectivity index (χ1) is 3.00. The summed E-state index contributed by atoms with van der Waals surface area (Å²) in [7, 11) is 0. The van der Waals surface area contributed by atoms with Gasteiger partial charge in [-0.25, -0.2) is 0 Å². The van der Waals surface area contributed by atoms with Gasteiger partial charge in [-0.15, -0.1) is 11.8 Å². The zero-order chi connectivity index (χ0) is 4.24. The van der Waals surface area contributed by atoms with Gasteiger partial charge in [-0.1, -0.05) is 5.16 Å². The maximum absolute atomic E-state index is 4.60. The molecule has 34 valence electrons. The number of thioether (sulfide) groups is 1. The molecule has 0 aliphatic carbocycles. The van der Waals surface area contributed by atoms with Crippen molar-refractivity contribution in [3.8, 4) is 0 Å². The first-order valence-corrected chi connectivity index (χ1v) is 2.87. The lowest BCUT2D eigenvalue weighted by molar-refractivity contribution is 0.196. The van der Waals surface area contributed by atoms with Gasteiger partial charge in [0, 0.05) is 5.75 Å². The van der Waals surface area contributed by atoms with Crippen LogP contribution in [0.5, 0.6) is 0 Å². The van der Waals surface area contributed by atoms with Crippen LogP contribution in [0.2, 0.25) is 0 Å². The maximum atomic E-state index is 4.60. The van der Waals surface area contributed by atoms with Crippen LogP contribution in [-0.4, -0.2) is 17.9 Å². The van der Waals surface area contributed by atoms with E-state index in [2.05, 4.69) is 9.99 Å². The molecule has 0 radical (unpaired) electrons. The molecular weight excluding hydrogens is 98.1 g/mol. The highest BCUT2D eigenvalue weighted by Crippen LogP contribution is 2.01. The van der Waals surface area contributed by atoms with E-state index < -0.39 is 0 Å². The largest absolute Gasteiger partial charge is 0.385 e. The predicted octanol–water partition coefficient (Wildman–Crippen LogP) is 0.693. The summed E-state index contributed by atoms with van der Waals surface area (Å²) in [4.78, 5) is 4.60. The Morgan fingerprint density at radius 3 is 3.00 bits per heavy atom. The zero-order valence-electron chi connectivity index (χ0n) is 3.26. The summed E-state index contributed by atoms with van der Waals surface area (Å²) >= 11 is 1.72. The molecular formula is C3H5NOS. The fourth-order valence-corrected chi connectivity index (χ4v) is 0.650. The van der Waals surface area contributed by atoms with Crippen molar-refractivity contribution < 1.29 is 4.84 Å². The Bertz CT molecular complexity index is 55.8. The molecule has 0 bridgehead atoms. The Kier molecular flexibility index (Phi) is 1.38. The van der Waals surface area contributed by atoms with Crippen molar-refractivity contribution in [1.29, 1.82) is 0 Å². The van der Waals surface area contributed by atoms with Crippen LogP contribution >= 0.6 is 11.8 Å². The van der Waals surface area contributed by atoms with Gasteiger partial charge in [0.2, 0.25) is 0 Å². The normalized spacial score (nSPS) is 20.0. The van der Waals surface area contributed by atoms with Crippen molar-refractivity contribution >= 4 is 18.0 Å². The summed E-state index contributed by atoms with van der Waals surface area (Å²) in [6.07, 6.45) is 1.76. The monoisotopic (exact) mass is 103 g/mol. The second kappa shape index (κ2) is 2.08. The Hall–Kier alpha value is -0.180. The minimum atomic E-state index is 0.719. The van der Waals surface area contributed by atoms with Gasteiger partial charge >= 0.3 is 0 Å². The van der Waals surface area contributed by atoms with Crippen molar-refractivity contribution in [3.63, 3.8) is 0 Å². The topological polar surface area (TPSA) is 21.6 Å². The van der Waals surface area contributed by atoms with Crippen LogP contribution in [0, 0.1) is 0 Å². The van der Waals surface area contributed by atoms with Crippen LogP contribution < -0.4 is 0 Å². The van der Waals surface area contributed by atoms with Crippen LogP contribution in [-0.2, 0) is 4.84 Å². The third kappa shape index (κ3) is 0.897. The molecule has 1 heterocycles. The highest BCUT2D eigenvalue weighted by Gasteiger charge is 1.88. The molecule has 0 N–H and O–H groups in total. The molecule has 1 rings (SSSR count). The molecule has 0 aromatic heterocycles. The molecule has 0 amide bonds. The third-order valence-electron chi connectivity index (χ3n) is 0.477. The summed E-state index contributed by atoms with van der Waals surface area (Å²) in [6, 6.07) is 0. The Morgan fingerprint density at radius 1 is 1.83 bits per heavy atom. The number of rotatable bonds is 0. The molecule has 2 nitrogen and oxygen atoms in total. The van der Waals surface area contributed by atoms with Crippen molar-refractivity contribution in [2.45, 2.75) is 0 Å². The van der Waals surface area contributed by atoms with Gasteiger partial charge in [0.25, 0.3) is 0 Å². The molecule has 6 heavy (non-hydrogen) atoms. The third-order valence-corrected chi connectivity index (χ3v) is 1.13. The van der Waals surface area contributed by atoms with Crippen molar-refractivity contribution in [2.75, 3.05) is 11.7 Å². The standard InChI is InChI=1S/C3H5NOS/c1-2-6-3-5-4-1/h1H,2-3H2. The van der Waals surface area contributed by atoms with E-state index >= 15 is 0 Å². The lowest BCUT2D eigenvalue weighted by atomic mass is 10.9. The SMILES string of the molecule is C1=NOCSC1. The number of hydrogen-bond acceptors (Lipinski definition) is 3. The molecule has 0 aromatic carbocycles. The summed E-state index contributed by atoms with van der Waals surface area (Å²) < 4.78 is 0. The molecule has 1 aliphatic heterocycles. The molecule has 0 saturated carbocycles. The summed E-state index contributed by atoms with van der Waals surface area (Å²) in [6.45, 7) is 0. The van der Waals surface area contributed by atoms with Gasteiger partial charge in [-0.2, -0.15) is 0 Å². The first kappa shape index (κ1) is 3.99. The molecule has 0 atom stereocenters. The molecule has 3 heteroatoms. The Morgan fingerprint density at radius 2 is 2.83 bits per heavy atom. The van der Waals surface area contributed by atoms with E-state index in [-0.39, 0.29) is 0 Å². The van der Waals surface area contributed by atoms with Crippen molar-refractivity contribution in [3.05, 3.63) is 0 Å². The summed E-state index contributed by atoms with van der Waals surface area (Å²) in [5, 5.41) is 3.53. The van der Waals surface area contributed by atoms with Gasteiger partial charge < -0.3 is 4.84 Å². The molecule has 1 aliphatic rings. The average molecular weight is 103 g/mol. The smallest absolute Gasteiger partial charge is 0.163 e. The van der Waals surface area contributed by atoms with Crippen LogP contribution in [0.4, 0.5) is 0 Å². The van der Waals surface area contributed by atoms with E-state index in [1.807, 2.05) is 0 Å². The fraction of sp³-hybridized carbons (Fsp3) is 0.667. The second-order valence-electron chi connectivity index (χ2n) is 0.906. The van der Waals surface area contributed by atoms with E-state index in [1.165, 1.54) is 0 Å². The lowest BCUT2D eigenvalue weighted by Crippen LogP contribution is -1.92. The predicted molar refractivity (Wildman–Crippen MR) is 26.9 cm³/mol. The number of nitrogens with zero attached hydrogens (tertiary/aromatic N) is 1.